The lowest BCUT2D eigenvalue weighted by molar-refractivity contribution is -0.852. The number of piperazine rings is 1. The van der Waals surface area contributed by atoms with Crippen molar-refractivity contribution in [3.63, 3.8) is 0 Å². The van der Waals surface area contributed by atoms with Crippen LogP contribution in [0.3, 0.4) is 0 Å². The molecule has 3 heterocycles. The Labute approximate surface area is 166 Å². The molecule has 3 N–H and O–H groups in total. The topological polar surface area (TPSA) is 112 Å². The van der Waals surface area contributed by atoms with E-state index in [0.717, 1.165) is 39.0 Å². The number of likely N-dealkylation sites (tertiary alicyclic amines) is 1. The molecule has 3 saturated heterocycles. The van der Waals surface area contributed by atoms with Gasteiger partial charge in [0.1, 0.15) is 12.6 Å². The number of quaternary nitrogens is 1. The summed E-state index contributed by atoms with van der Waals surface area (Å²) < 4.78 is 10.8. The summed E-state index contributed by atoms with van der Waals surface area (Å²) >= 11 is 0. The van der Waals surface area contributed by atoms with E-state index in [1.807, 2.05) is 11.9 Å². The summed E-state index contributed by atoms with van der Waals surface area (Å²) in [6.45, 7) is 6.13. The van der Waals surface area contributed by atoms with Gasteiger partial charge in [-0.05, 0) is 0 Å². The summed E-state index contributed by atoms with van der Waals surface area (Å²) in [7, 11) is 3.39. The molecule has 2 unspecified atom stereocenters. The lowest BCUT2D eigenvalue weighted by Gasteiger charge is -2.40. The minimum absolute atomic E-state index is 0.105. The monoisotopic (exact) mass is 397 g/mol. The van der Waals surface area contributed by atoms with E-state index in [-0.39, 0.29) is 30.3 Å². The maximum atomic E-state index is 12.7. The van der Waals surface area contributed by atoms with Crippen molar-refractivity contribution in [3.8, 4) is 0 Å². The van der Waals surface area contributed by atoms with Crippen molar-refractivity contribution in [2.45, 2.75) is 31.5 Å². The van der Waals surface area contributed by atoms with Crippen molar-refractivity contribution in [1.29, 1.82) is 5.41 Å². The highest BCUT2D eigenvalue weighted by Crippen LogP contribution is 2.30. The fraction of sp³-hybridized carbons (Fsp3) is 0.833. The van der Waals surface area contributed by atoms with Gasteiger partial charge in [-0.25, -0.2) is 4.48 Å². The van der Waals surface area contributed by atoms with E-state index in [4.69, 9.17) is 20.6 Å². The molecular formula is C18H33N6O4+. The van der Waals surface area contributed by atoms with Crippen LogP contribution >= 0.6 is 0 Å². The number of guanidine groups is 1. The molecule has 0 bridgehead atoms. The first-order valence-electron chi connectivity index (χ1n) is 10.0. The van der Waals surface area contributed by atoms with E-state index >= 15 is 0 Å². The normalized spacial score (nSPS) is 30.3. The smallest absolute Gasteiger partial charge is 0.469 e. The average Bonchev–Trinajstić information content (AvgIpc) is 3.02. The summed E-state index contributed by atoms with van der Waals surface area (Å²) in [4.78, 5) is 30.4. The van der Waals surface area contributed by atoms with Gasteiger partial charge < -0.3 is 25.0 Å². The molecule has 0 aromatic heterocycles. The molecule has 0 aromatic carbocycles. The van der Waals surface area contributed by atoms with Crippen molar-refractivity contribution < 1.29 is 23.5 Å². The number of carbonyl (C=O) groups excluding carboxylic acids is 2. The van der Waals surface area contributed by atoms with Crippen LogP contribution in [-0.2, 0) is 14.3 Å². The van der Waals surface area contributed by atoms with Gasteiger partial charge >= 0.3 is 12.1 Å². The molecular weight excluding hydrogens is 364 g/mol. The second kappa shape index (κ2) is 8.62. The summed E-state index contributed by atoms with van der Waals surface area (Å²) in [5.41, 5.74) is 5.58. The molecule has 3 rings (SSSR count). The number of piperidine rings is 1. The molecule has 0 aliphatic carbocycles. The Morgan fingerprint density at radius 3 is 2.46 bits per heavy atom. The largest absolute Gasteiger partial charge is 0.517 e. The number of cyclic esters (lactones) is 1. The number of nitrogens with zero attached hydrogens (tertiary/aromatic N) is 4. The van der Waals surface area contributed by atoms with Crippen LogP contribution in [0.5, 0.6) is 0 Å². The number of methoxy groups -OCH3 is 1. The third-order valence-corrected chi connectivity index (χ3v) is 6.47. The minimum Gasteiger partial charge on any atom is -0.469 e. The number of esters is 1. The fourth-order valence-electron chi connectivity index (χ4n) is 4.46. The van der Waals surface area contributed by atoms with Gasteiger partial charge in [-0.1, -0.05) is 0 Å². The Hall–Kier alpha value is -1.91. The number of hydrogen-bond donors (Lipinski definition) is 2. The zero-order valence-corrected chi connectivity index (χ0v) is 16.9. The maximum Gasteiger partial charge on any atom is 0.517 e. The summed E-state index contributed by atoms with van der Waals surface area (Å²) in [5, 5.41) is 7.57. The molecule has 28 heavy (non-hydrogen) atoms. The lowest BCUT2D eigenvalue weighted by atomic mass is 10.0. The van der Waals surface area contributed by atoms with Crippen molar-refractivity contribution in [2.75, 3.05) is 66.5 Å². The first kappa shape index (κ1) is 20.8. The predicted octanol–water partition coefficient (Wildman–Crippen LogP) is -0.552. The molecule has 3 aliphatic heterocycles. The molecule has 0 radical (unpaired) electrons. The Morgan fingerprint density at radius 1 is 1.25 bits per heavy atom. The number of amides is 1. The second-order valence-electron chi connectivity index (χ2n) is 8.10. The Morgan fingerprint density at radius 2 is 1.89 bits per heavy atom. The van der Waals surface area contributed by atoms with E-state index in [9.17, 15) is 9.59 Å². The highest BCUT2D eigenvalue weighted by atomic mass is 16.6. The van der Waals surface area contributed by atoms with Crippen LogP contribution in [-0.4, -0.2) is 116 Å². The van der Waals surface area contributed by atoms with Crippen LogP contribution in [0.2, 0.25) is 0 Å². The van der Waals surface area contributed by atoms with E-state index in [1.54, 1.807) is 0 Å². The minimum atomic E-state index is -0.189. The fourth-order valence-corrected chi connectivity index (χ4v) is 4.46. The Balaban J connectivity index is 1.49. The van der Waals surface area contributed by atoms with E-state index in [2.05, 4.69) is 9.80 Å². The van der Waals surface area contributed by atoms with Crippen LogP contribution in [0.15, 0.2) is 0 Å². The standard InChI is InChI=1S/C18H33N6O4/c1-24(14-3-7-23(8-4-14)17(19)20)13-15(28-18(24)26)22-11-9-21(10-12-22)6-5-16(25)27-2/h14-15H,3-13H2,1-2H3,(H3,19,20)/q+1. The van der Waals surface area contributed by atoms with Crippen LogP contribution in [0.1, 0.15) is 19.3 Å². The highest BCUT2D eigenvalue weighted by Gasteiger charge is 2.53. The molecule has 0 aromatic rings. The van der Waals surface area contributed by atoms with Crippen LogP contribution in [0.4, 0.5) is 4.79 Å². The van der Waals surface area contributed by atoms with Gasteiger partial charge in [0.05, 0.1) is 20.6 Å². The number of hydrogen-bond acceptors (Lipinski definition) is 7. The quantitative estimate of drug-likeness (QED) is 0.275. The average molecular weight is 398 g/mol. The molecule has 158 valence electrons. The van der Waals surface area contributed by atoms with Crippen LogP contribution < -0.4 is 5.73 Å². The zero-order valence-electron chi connectivity index (χ0n) is 16.9. The number of nitrogens with two attached hydrogens (primary N) is 1. The van der Waals surface area contributed by atoms with Crippen molar-refractivity contribution >= 4 is 18.0 Å². The van der Waals surface area contributed by atoms with Crippen LogP contribution in [0.25, 0.3) is 0 Å². The molecule has 10 heteroatoms. The van der Waals surface area contributed by atoms with E-state index in [1.165, 1.54) is 7.11 Å². The number of rotatable bonds is 5. The summed E-state index contributed by atoms with van der Waals surface area (Å²) in [5.74, 6) is -0.0795. The van der Waals surface area contributed by atoms with E-state index in [0.29, 0.717) is 37.1 Å². The van der Waals surface area contributed by atoms with Gasteiger partial charge in [0.25, 0.3) is 0 Å². The number of likely N-dealkylation sites (N-methyl/N-ethyl adjacent to an activating group) is 1. The third kappa shape index (κ3) is 4.39. The van der Waals surface area contributed by atoms with Crippen molar-refractivity contribution in [1.82, 2.24) is 14.7 Å². The summed E-state index contributed by atoms with van der Waals surface area (Å²) in [6.07, 6.45) is 1.73. The van der Waals surface area contributed by atoms with Gasteiger partial charge in [-0.15, -0.1) is 0 Å². The molecule has 2 atom stereocenters. The lowest BCUT2D eigenvalue weighted by Crippen LogP contribution is -2.59. The van der Waals surface area contributed by atoms with Crippen molar-refractivity contribution in [2.24, 2.45) is 5.73 Å². The molecule has 0 spiro atoms. The zero-order chi connectivity index (χ0) is 20.3. The van der Waals surface area contributed by atoms with Gasteiger partial charge in [0.2, 0.25) is 6.23 Å². The number of ether oxygens (including phenoxy) is 2. The number of carbonyl (C=O) groups is 2. The second-order valence-corrected chi connectivity index (χ2v) is 8.10. The van der Waals surface area contributed by atoms with Gasteiger partial charge in [0, 0.05) is 58.7 Å². The Kier molecular flexibility index (Phi) is 6.41. The Bertz CT molecular complexity index is 601. The molecule has 3 aliphatic rings. The summed E-state index contributed by atoms with van der Waals surface area (Å²) in [6, 6.07) is 0.203. The molecule has 10 nitrogen and oxygen atoms in total. The SMILES string of the molecule is COC(=O)CCN1CCN(C2C[N+](C)(C3CCN(C(=N)N)CC3)C(=O)O2)CC1. The van der Waals surface area contributed by atoms with Gasteiger partial charge in [0.15, 0.2) is 5.96 Å². The molecule has 0 saturated carbocycles. The van der Waals surface area contributed by atoms with E-state index < -0.39 is 0 Å². The first-order chi connectivity index (χ1) is 13.3. The number of nitrogens with one attached hydrogen (secondary N) is 1. The molecule has 3 fully saturated rings. The predicted molar refractivity (Wildman–Crippen MR) is 102 cm³/mol. The first-order valence-corrected chi connectivity index (χ1v) is 10.0. The highest BCUT2D eigenvalue weighted by molar-refractivity contribution is 5.74. The van der Waals surface area contributed by atoms with Gasteiger partial charge in [-0.2, -0.15) is 4.79 Å². The van der Waals surface area contributed by atoms with Crippen molar-refractivity contribution in [3.05, 3.63) is 0 Å². The third-order valence-electron chi connectivity index (χ3n) is 6.47. The van der Waals surface area contributed by atoms with Gasteiger partial charge in [-0.3, -0.25) is 15.1 Å². The van der Waals surface area contributed by atoms with Crippen LogP contribution in [0, 0.1) is 5.41 Å². The maximum absolute atomic E-state index is 12.7. The molecule has 1 amide bonds.